The molecular weight excluding hydrogens is 444 g/mol. The van der Waals surface area contributed by atoms with Crippen LogP contribution in [0.4, 0.5) is 5.00 Å². The molecule has 8 heteroatoms. The molecule has 0 aliphatic heterocycles. The van der Waals surface area contributed by atoms with Crippen LogP contribution in [-0.2, 0) is 9.59 Å². The number of nitrogens with one attached hydrogen (secondary N) is 2. The standard InChI is InChI=1S/C24H27ClN4O2S/c1-14(2)12-20(28-23(30)15(3)26)24(31)29-21-13-19(16-4-6-18(25)7-5-16)22(32-21)17-8-10-27-11-9-17/h4-11,13-15,20H,12,26H2,1-3H3,(H,28,30)(H,29,31)/t15-,20-/m0/s1. The maximum atomic E-state index is 13.1. The highest BCUT2D eigenvalue weighted by molar-refractivity contribution is 7.20. The van der Waals surface area contributed by atoms with Crippen molar-refractivity contribution < 1.29 is 9.59 Å². The van der Waals surface area contributed by atoms with E-state index in [0.717, 1.165) is 21.6 Å². The summed E-state index contributed by atoms with van der Waals surface area (Å²) in [5, 5.41) is 7.10. The van der Waals surface area contributed by atoms with Crippen LogP contribution in [0.3, 0.4) is 0 Å². The quantitative estimate of drug-likeness (QED) is 0.434. The molecule has 6 nitrogen and oxygen atoms in total. The third-order valence-electron chi connectivity index (χ3n) is 4.83. The number of halogens is 1. The Morgan fingerprint density at radius 1 is 1.03 bits per heavy atom. The molecule has 0 spiro atoms. The van der Waals surface area contributed by atoms with Gasteiger partial charge in [0.2, 0.25) is 11.8 Å². The molecule has 0 aliphatic carbocycles. The lowest BCUT2D eigenvalue weighted by atomic mass is 10.0. The molecule has 2 aromatic heterocycles. The fourth-order valence-corrected chi connectivity index (χ4v) is 4.44. The van der Waals surface area contributed by atoms with Crippen LogP contribution < -0.4 is 16.4 Å². The van der Waals surface area contributed by atoms with E-state index in [9.17, 15) is 9.59 Å². The van der Waals surface area contributed by atoms with Crippen molar-refractivity contribution >= 4 is 39.8 Å². The molecule has 0 fully saturated rings. The van der Waals surface area contributed by atoms with E-state index in [-0.39, 0.29) is 17.7 Å². The molecule has 0 saturated heterocycles. The molecule has 2 atom stereocenters. The Hall–Kier alpha value is -2.74. The highest BCUT2D eigenvalue weighted by Gasteiger charge is 2.24. The SMILES string of the molecule is CC(C)C[C@H](NC(=O)[C@H](C)N)C(=O)Nc1cc(-c2ccc(Cl)cc2)c(-c2ccncc2)s1. The Bertz CT molecular complexity index is 1070. The van der Waals surface area contributed by atoms with Gasteiger partial charge in [-0.15, -0.1) is 11.3 Å². The predicted molar refractivity (Wildman–Crippen MR) is 132 cm³/mol. The second-order valence-electron chi connectivity index (χ2n) is 8.06. The number of anilines is 1. The first kappa shape index (κ1) is 23.9. The van der Waals surface area contributed by atoms with E-state index in [0.29, 0.717) is 16.4 Å². The first-order valence-corrected chi connectivity index (χ1v) is 11.6. The van der Waals surface area contributed by atoms with Gasteiger partial charge in [-0.05, 0) is 60.7 Å². The second kappa shape index (κ2) is 10.7. The van der Waals surface area contributed by atoms with Gasteiger partial charge < -0.3 is 16.4 Å². The minimum absolute atomic E-state index is 0.222. The molecule has 0 bridgehead atoms. The van der Waals surface area contributed by atoms with E-state index < -0.39 is 12.1 Å². The van der Waals surface area contributed by atoms with Gasteiger partial charge in [0.25, 0.3) is 0 Å². The number of nitrogens with zero attached hydrogens (tertiary/aromatic N) is 1. The van der Waals surface area contributed by atoms with Gasteiger partial charge in [0, 0.05) is 27.9 Å². The van der Waals surface area contributed by atoms with Crippen molar-refractivity contribution in [3.63, 3.8) is 0 Å². The lowest BCUT2D eigenvalue weighted by Crippen LogP contribution is -2.49. The monoisotopic (exact) mass is 470 g/mol. The molecule has 2 amide bonds. The number of hydrogen-bond donors (Lipinski definition) is 3. The van der Waals surface area contributed by atoms with Crippen LogP contribution in [0.2, 0.25) is 5.02 Å². The van der Waals surface area contributed by atoms with E-state index in [1.807, 2.05) is 56.3 Å². The topological polar surface area (TPSA) is 97.1 Å². The zero-order valence-electron chi connectivity index (χ0n) is 18.3. The second-order valence-corrected chi connectivity index (χ2v) is 9.55. The summed E-state index contributed by atoms with van der Waals surface area (Å²) in [6.07, 6.45) is 3.99. The fraction of sp³-hybridized carbons (Fsp3) is 0.292. The van der Waals surface area contributed by atoms with Crippen molar-refractivity contribution in [2.24, 2.45) is 11.7 Å². The van der Waals surface area contributed by atoms with Gasteiger partial charge in [-0.3, -0.25) is 14.6 Å². The van der Waals surface area contributed by atoms with Gasteiger partial charge in [0.1, 0.15) is 6.04 Å². The summed E-state index contributed by atoms with van der Waals surface area (Å²) in [6.45, 7) is 5.60. The smallest absolute Gasteiger partial charge is 0.247 e. The average Bonchev–Trinajstić information content (AvgIpc) is 3.17. The number of thiophene rings is 1. The minimum atomic E-state index is -0.686. The Kier molecular flexibility index (Phi) is 8.01. The van der Waals surface area contributed by atoms with Gasteiger partial charge in [0.15, 0.2) is 0 Å². The Labute approximate surface area is 197 Å². The zero-order chi connectivity index (χ0) is 23.3. The Balaban J connectivity index is 1.92. The Morgan fingerprint density at radius 3 is 2.28 bits per heavy atom. The minimum Gasteiger partial charge on any atom is -0.343 e. The third-order valence-corrected chi connectivity index (χ3v) is 6.18. The van der Waals surface area contributed by atoms with Crippen LogP contribution in [0.5, 0.6) is 0 Å². The Morgan fingerprint density at radius 2 is 1.69 bits per heavy atom. The molecule has 0 unspecified atom stereocenters. The summed E-state index contributed by atoms with van der Waals surface area (Å²) in [6, 6.07) is 12.0. The maximum absolute atomic E-state index is 13.1. The number of carbonyl (C=O) groups is 2. The van der Waals surface area contributed by atoms with E-state index in [4.69, 9.17) is 17.3 Å². The molecule has 3 aromatic rings. The number of rotatable bonds is 8. The van der Waals surface area contributed by atoms with Crippen LogP contribution in [0.1, 0.15) is 27.2 Å². The van der Waals surface area contributed by atoms with E-state index in [2.05, 4.69) is 15.6 Å². The van der Waals surface area contributed by atoms with Gasteiger partial charge >= 0.3 is 0 Å². The van der Waals surface area contributed by atoms with Crippen molar-refractivity contribution in [1.82, 2.24) is 10.3 Å². The average molecular weight is 471 g/mol. The fourth-order valence-electron chi connectivity index (χ4n) is 3.23. The third kappa shape index (κ3) is 6.16. The highest BCUT2D eigenvalue weighted by Crippen LogP contribution is 2.42. The van der Waals surface area contributed by atoms with Crippen LogP contribution in [0.15, 0.2) is 54.9 Å². The van der Waals surface area contributed by atoms with Crippen molar-refractivity contribution in [3.8, 4) is 21.6 Å². The molecule has 32 heavy (non-hydrogen) atoms. The summed E-state index contributed by atoms with van der Waals surface area (Å²) in [5.74, 6) is -0.395. The first-order valence-electron chi connectivity index (χ1n) is 10.4. The summed E-state index contributed by atoms with van der Waals surface area (Å²) in [4.78, 5) is 30.3. The van der Waals surface area contributed by atoms with Crippen molar-refractivity contribution in [2.75, 3.05) is 5.32 Å². The summed E-state index contributed by atoms with van der Waals surface area (Å²) in [7, 11) is 0. The van der Waals surface area contributed by atoms with Gasteiger partial charge in [0.05, 0.1) is 11.0 Å². The van der Waals surface area contributed by atoms with Crippen molar-refractivity contribution in [1.29, 1.82) is 0 Å². The molecule has 1 aromatic carbocycles. The first-order chi connectivity index (χ1) is 15.2. The maximum Gasteiger partial charge on any atom is 0.247 e. The molecule has 0 radical (unpaired) electrons. The van der Waals surface area contributed by atoms with Gasteiger partial charge in [-0.1, -0.05) is 37.6 Å². The molecule has 3 rings (SSSR count). The van der Waals surface area contributed by atoms with E-state index in [1.54, 1.807) is 19.3 Å². The largest absolute Gasteiger partial charge is 0.343 e. The zero-order valence-corrected chi connectivity index (χ0v) is 19.8. The molecule has 4 N–H and O–H groups in total. The van der Waals surface area contributed by atoms with Crippen LogP contribution in [0, 0.1) is 5.92 Å². The summed E-state index contributed by atoms with van der Waals surface area (Å²) >= 11 is 7.54. The number of hydrogen-bond acceptors (Lipinski definition) is 5. The van der Waals surface area contributed by atoms with Crippen LogP contribution in [-0.4, -0.2) is 28.9 Å². The van der Waals surface area contributed by atoms with Crippen LogP contribution >= 0.6 is 22.9 Å². The van der Waals surface area contributed by atoms with Gasteiger partial charge in [-0.25, -0.2) is 0 Å². The number of nitrogens with two attached hydrogens (primary N) is 1. The number of carbonyl (C=O) groups excluding carboxylic acids is 2. The molecule has 168 valence electrons. The molecular formula is C24H27ClN4O2S. The normalized spacial score (nSPS) is 12.9. The summed E-state index contributed by atoms with van der Waals surface area (Å²) < 4.78 is 0. The lowest BCUT2D eigenvalue weighted by molar-refractivity contribution is -0.127. The lowest BCUT2D eigenvalue weighted by Gasteiger charge is -2.20. The number of amides is 2. The number of benzene rings is 1. The van der Waals surface area contributed by atoms with E-state index in [1.165, 1.54) is 11.3 Å². The summed E-state index contributed by atoms with van der Waals surface area (Å²) in [5.41, 5.74) is 8.64. The molecule has 0 aliphatic rings. The number of aromatic nitrogens is 1. The van der Waals surface area contributed by atoms with Gasteiger partial charge in [-0.2, -0.15) is 0 Å². The molecule has 2 heterocycles. The van der Waals surface area contributed by atoms with Crippen LogP contribution in [0.25, 0.3) is 21.6 Å². The highest BCUT2D eigenvalue weighted by atomic mass is 35.5. The number of pyridine rings is 1. The predicted octanol–water partition coefficient (Wildman–Crippen LogP) is 4.95. The van der Waals surface area contributed by atoms with Crippen molar-refractivity contribution in [3.05, 3.63) is 59.9 Å². The van der Waals surface area contributed by atoms with Crippen molar-refractivity contribution in [2.45, 2.75) is 39.3 Å². The van der Waals surface area contributed by atoms with E-state index >= 15 is 0 Å². The molecule has 0 saturated carbocycles.